The summed E-state index contributed by atoms with van der Waals surface area (Å²) in [6.45, 7) is 8.27. The second-order valence-electron chi connectivity index (χ2n) is 9.80. The number of benzene rings is 1. The van der Waals surface area contributed by atoms with Crippen molar-refractivity contribution in [3.8, 4) is 0 Å². The Hall–Kier alpha value is -2.75. The van der Waals surface area contributed by atoms with Gasteiger partial charge in [-0.3, -0.25) is 4.79 Å². The second-order valence-corrected chi connectivity index (χ2v) is 11.7. The van der Waals surface area contributed by atoms with Gasteiger partial charge in [-0.2, -0.15) is 0 Å². The number of aromatic nitrogens is 2. The Morgan fingerprint density at radius 3 is 2.41 bits per heavy atom. The molecule has 3 aromatic rings. The van der Waals surface area contributed by atoms with Gasteiger partial charge in [-0.25, -0.2) is 9.97 Å². The molecule has 0 bridgehead atoms. The van der Waals surface area contributed by atoms with Crippen molar-refractivity contribution in [1.82, 2.24) is 14.9 Å². The maximum absolute atomic E-state index is 11.1. The number of thiazole rings is 1. The molecule has 1 N–H and O–H groups in total. The van der Waals surface area contributed by atoms with Gasteiger partial charge in [0.05, 0.1) is 27.2 Å². The van der Waals surface area contributed by atoms with Crippen molar-refractivity contribution in [1.29, 1.82) is 0 Å². The van der Waals surface area contributed by atoms with Gasteiger partial charge in [0.2, 0.25) is 5.91 Å². The first-order valence-corrected chi connectivity index (χ1v) is 15.5. The van der Waals surface area contributed by atoms with Gasteiger partial charge in [-0.15, -0.1) is 11.3 Å². The van der Waals surface area contributed by atoms with Crippen LogP contribution in [0.25, 0.3) is 0 Å². The molecule has 2 aliphatic rings. The van der Waals surface area contributed by atoms with Gasteiger partial charge in [-0.05, 0) is 83.4 Å². The van der Waals surface area contributed by atoms with Gasteiger partial charge < -0.3 is 19.9 Å². The quantitative estimate of drug-likeness (QED) is 0.278. The Morgan fingerprint density at radius 1 is 1.08 bits per heavy atom. The van der Waals surface area contributed by atoms with Gasteiger partial charge in [0.25, 0.3) is 0 Å². The third-order valence-electron chi connectivity index (χ3n) is 6.55. The van der Waals surface area contributed by atoms with E-state index in [1.54, 1.807) is 13.1 Å². The van der Waals surface area contributed by atoms with Crippen LogP contribution in [0.4, 0.5) is 11.4 Å². The van der Waals surface area contributed by atoms with Gasteiger partial charge in [0.1, 0.15) is 6.29 Å². The number of nitrogens with one attached hydrogen (secondary N) is 1. The van der Waals surface area contributed by atoms with Crippen LogP contribution >= 0.6 is 23.1 Å². The van der Waals surface area contributed by atoms with Crippen molar-refractivity contribution in [3.05, 3.63) is 64.7 Å². The number of thioether (sulfide) groups is 1. The lowest BCUT2D eigenvalue weighted by atomic mass is 9.98. The Bertz CT molecular complexity index is 1130. The average Bonchev–Trinajstić information content (AvgIpc) is 3.40. The molecule has 0 radical (unpaired) electrons. The summed E-state index contributed by atoms with van der Waals surface area (Å²) < 4.78 is 0. The molecule has 0 spiro atoms. The first-order chi connectivity index (χ1) is 19.0. The first kappa shape index (κ1) is 30.8. The van der Waals surface area contributed by atoms with Gasteiger partial charge >= 0.3 is 0 Å². The lowest BCUT2D eigenvalue weighted by Crippen LogP contribution is -2.30. The highest BCUT2D eigenvalue weighted by atomic mass is 32.2. The molecule has 2 aromatic heterocycles. The zero-order chi connectivity index (χ0) is 27.9. The Kier molecular flexibility index (Phi) is 13.5. The molecule has 4 heterocycles. The molecular formula is C30H41N5O2S2. The lowest BCUT2D eigenvalue weighted by molar-refractivity contribution is -0.114. The number of aryl methyl sites for hydroxylation is 1. The highest BCUT2D eigenvalue weighted by Crippen LogP contribution is 2.30. The van der Waals surface area contributed by atoms with Gasteiger partial charge in [0.15, 0.2) is 0 Å². The maximum atomic E-state index is 11.1. The van der Waals surface area contributed by atoms with E-state index in [0.29, 0.717) is 5.75 Å². The normalized spacial score (nSPS) is 15.8. The minimum absolute atomic E-state index is 0.00976. The molecule has 39 heavy (non-hydrogen) atoms. The predicted molar refractivity (Wildman–Crippen MR) is 164 cm³/mol. The number of amides is 1. The molecule has 210 valence electrons. The van der Waals surface area contributed by atoms with Crippen LogP contribution < -0.4 is 10.2 Å². The molecule has 0 atom stereocenters. The molecule has 0 saturated carbocycles. The molecule has 5 rings (SSSR count). The van der Waals surface area contributed by atoms with Crippen molar-refractivity contribution in [2.75, 3.05) is 49.2 Å². The Morgan fingerprint density at radius 2 is 1.79 bits per heavy atom. The van der Waals surface area contributed by atoms with E-state index in [0.717, 1.165) is 41.7 Å². The molecule has 2 fully saturated rings. The maximum Gasteiger partial charge on any atom is 0.221 e. The summed E-state index contributed by atoms with van der Waals surface area (Å²) in [5.41, 5.74) is 3.26. The van der Waals surface area contributed by atoms with Crippen molar-refractivity contribution in [2.45, 2.75) is 56.9 Å². The molecule has 7 nitrogen and oxygen atoms in total. The zero-order valence-electron chi connectivity index (χ0n) is 23.3. The number of likely N-dealkylation sites (tertiary alicyclic amines) is 1. The van der Waals surface area contributed by atoms with E-state index in [2.05, 4.69) is 50.5 Å². The fourth-order valence-electron chi connectivity index (χ4n) is 4.55. The van der Waals surface area contributed by atoms with E-state index < -0.39 is 0 Å². The molecule has 0 unspecified atom stereocenters. The summed E-state index contributed by atoms with van der Waals surface area (Å²) in [6, 6.07) is 13.7. The van der Waals surface area contributed by atoms with E-state index in [1.807, 2.05) is 47.7 Å². The third-order valence-corrected chi connectivity index (χ3v) is 8.52. The average molecular weight is 568 g/mol. The van der Waals surface area contributed by atoms with Crippen LogP contribution in [0, 0.1) is 6.92 Å². The standard InChI is InChI=1S/C13H18N2O.C10H16N2S.C7H7NOS/c1-11(16)14-12-7-3-4-8-13(12)15-9-5-2-6-10-15;1-8-7-13-10(11-8)9-3-5-12(2)6-4-9;9-5-6-10-7-3-1-2-4-8-7/h3-4,7-8H,2,5-6,9-10H2,1H3,(H,14,16);7,9H,3-6H2,1-2H3;1-5H,6H2. The summed E-state index contributed by atoms with van der Waals surface area (Å²) in [4.78, 5) is 34.4. The number of aldehydes is 1. The zero-order valence-corrected chi connectivity index (χ0v) is 25.0. The van der Waals surface area contributed by atoms with E-state index in [-0.39, 0.29) is 5.91 Å². The van der Waals surface area contributed by atoms with Gasteiger partial charge in [-0.1, -0.05) is 30.0 Å². The van der Waals surface area contributed by atoms with Crippen LogP contribution in [0.15, 0.2) is 59.1 Å². The summed E-state index contributed by atoms with van der Waals surface area (Å²) in [5, 5.41) is 7.30. The lowest BCUT2D eigenvalue weighted by Gasteiger charge is -2.30. The number of pyridine rings is 1. The third kappa shape index (κ3) is 11.1. The Balaban J connectivity index is 0.000000166. The number of carbonyl (C=O) groups is 2. The minimum Gasteiger partial charge on any atom is -0.370 e. The van der Waals surface area contributed by atoms with Crippen LogP contribution in [0.2, 0.25) is 0 Å². The summed E-state index contributed by atoms with van der Waals surface area (Å²) in [6.07, 6.45) is 8.96. The number of hydrogen-bond acceptors (Lipinski definition) is 8. The Labute approximate surface area is 241 Å². The molecular weight excluding hydrogens is 526 g/mol. The fourth-order valence-corrected chi connectivity index (χ4v) is 6.06. The van der Waals surface area contributed by atoms with Crippen LogP contribution in [-0.4, -0.2) is 66.0 Å². The first-order valence-electron chi connectivity index (χ1n) is 13.7. The number of hydrogen-bond donors (Lipinski definition) is 1. The highest BCUT2D eigenvalue weighted by molar-refractivity contribution is 7.99. The molecule has 1 amide bonds. The summed E-state index contributed by atoms with van der Waals surface area (Å²) in [7, 11) is 2.20. The van der Waals surface area contributed by atoms with E-state index in [9.17, 15) is 9.59 Å². The van der Waals surface area contributed by atoms with Crippen molar-refractivity contribution in [3.63, 3.8) is 0 Å². The topological polar surface area (TPSA) is 78.4 Å². The molecule has 2 aliphatic heterocycles. The minimum atomic E-state index is -0.00976. The van der Waals surface area contributed by atoms with Crippen molar-refractivity contribution in [2.24, 2.45) is 0 Å². The van der Waals surface area contributed by atoms with Crippen molar-refractivity contribution < 1.29 is 9.59 Å². The number of piperidine rings is 2. The molecule has 9 heteroatoms. The predicted octanol–water partition coefficient (Wildman–Crippen LogP) is 6.27. The summed E-state index contributed by atoms with van der Waals surface area (Å²) in [5.74, 6) is 1.20. The molecule has 2 saturated heterocycles. The second kappa shape index (κ2) is 17.0. The smallest absolute Gasteiger partial charge is 0.221 e. The fraction of sp³-hybridized carbons (Fsp3) is 0.467. The van der Waals surface area contributed by atoms with Crippen LogP contribution in [-0.2, 0) is 9.59 Å². The van der Waals surface area contributed by atoms with Crippen LogP contribution in [0.3, 0.4) is 0 Å². The SMILES string of the molecule is CC(=O)Nc1ccccc1N1CCCCC1.Cc1csc(C2CCN(C)CC2)n1.O=CCSc1ccccn1. The highest BCUT2D eigenvalue weighted by Gasteiger charge is 2.20. The van der Waals surface area contributed by atoms with E-state index in [4.69, 9.17) is 0 Å². The van der Waals surface area contributed by atoms with E-state index >= 15 is 0 Å². The number of para-hydroxylation sites is 2. The number of carbonyl (C=O) groups excluding carboxylic acids is 2. The number of nitrogens with zero attached hydrogens (tertiary/aromatic N) is 4. The number of anilines is 2. The molecule has 1 aromatic carbocycles. The van der Waals surface area contributed by atoms with Crippen LogP contribution in [0.5, 0.6) is 0 Å². The van der Waals surface area contributed by atoms with Crippen LogP contribution in [0.1, 0.15) is 55.6 Å². The van der Waals surface area contributed by atoms with Crippen molar-refractivity contribution >= 4 is 46.7 Å². The molecule has 0 aliphatic carbocycles. The monoisotopic (exact) mass is 567 g/mol. The number of rotatable bonds is 6. The van der Waals surface area contributed by atoms with E-state index in [1.165, 1.54) is 67.7 Å². The van der Waals surface area contributed by atoms with Gasteiger partial charge in [0, 0.05) is 43.2 Å². The largest absolute Gasteiger partial charge is 0.370 e. The summed E-state index contributed by atoms with van der Waals surface area (Å²) >= 11 is 3.27.